The summed E-state index contributed by atoms with van der Waals surface area (Å²) < 4.78 is 5.72. The number of benzene rings is 2. The van der Waals surface area contributed by atoms with E-state index >= 15 is 0 Å². The Morgan fingerprint density at radius 1 is 1.07 bits per heavy atom. The number of nitrogens with zero attached hydrogens (tertiary/aromatic N) is 1. The zero-order valence-electron chi connectivity index (χ0n) is 15.6. The number of para-hydroxylation sites is 2. The number of aromatic nitrogens is 1. The lowest BCUT2D eigenvalue weighted by Gasteiger charge is -2.18. The van der Waals surface area contributed by atoms with Crippen molar-refractivity contribution in [3.05, 3.63) is 76.7 Å². The van der Waals surface area contributed by atoms with E-state index in [1.165, 1.54) is 11.3 Å². The van der Waals surface area contributed by atoms with E-state index in [1.807, 2.05) is 35.7 Å². The van der Waals surface area contributed by atoms with Crippen molar-refractivity contribution >= 4 is 28.8 Å². The van der Waals surface area contributed by atoms with Gasteiger partial charge in [0.15, 0.2) is 0 Å². The van der Waals surface area contributed by atoms with Crippen molar-refractivity contribution in [3.63, 3.8) is 0 Å². The first-order valence-electron chi connectivity index (χ1n) is 9.04. The van der Waals surface area contributed by atoms with Gasteiger partial charge in [-0.05, 0) is 24.1 Å². The van der Waals surface area contributed by atoms with Crippen molar-refractivity contribution in [3.8, 4) is 5.75 Å². The van der Waals surface area contributed by atoms with Crippen LogP contribution in [-0.4, -0.2) is 28.5 Å². The number of carbonyl (C=O) groups is 2. The average molecular weight is 411 g/mol. The molecule has 1 aromatic heterocycles. The van der Waals surface area contributed by atoms with Gasteiger partial charge in [-0.1, -0.05) is 42.5 Å². The van der Waals surface area contributed by atoms with Gasteiger partial charge in [0.2, 0.25) is 0 Å². The second kappa shape index (κ2) is 10.4. The van der Waals surface area contributed by atoms with E-state index in [0.717, 1.165) is 11.3 Å². The topological polar surface area (TPSA) is 101 Å². The van der Waals surface area contributed by atoms with Crippen LogP contribution in [0.2, 0.25) is 0 Å². The zero-order chi connectivity index (χ0) is 20.5. The summed E-state index contributed by atoms with van der Waals surface area (Å²) in [6, 6.07) is 15.6. The van der Waals surface area contributed by atoms with Gasteiger partial charge >= 0.3 is 11.8 Å². The van der Waals surface area contributed by atoms with Crippen molar-refractivity contribution in [2.24, 2.45) is 0 Å². The normalized spacial score (nSPS) is 11.5. The summed E-state index contributed by atoms with van der Waals surface area (Å²) in [7, 11) is 0. The molecule has 1 heterocycles. The van der Waals surface area contributed by atoms with Crippen molar-refractivity contribution in [2.45, 2.75) is 19.1 Å². The van der Waals surface area contributed by atoms with Gasteiger partial charge in [-0.25, -0.2) is 4.98 Å². The number of ether oxygens (including phenoxy) is 1. The minimum atomic E-state index is -0.812. The lowest BCUT2D eigenvalue weighted by Crippen LogP contribution is -2.38. The molecule has 1 atom stereocenters. The Kier molecular flexibility index (Phi) is 7.32. The van der Waals surface area contributed by atoms with Gasteiger partial charge in [-0.15, -0.1) is 11.3 Å². The van der Waals surface area contributed by atoms with Crippen molar-refractivity contribution < 1.29 is 19.4 Å². The molecule has 3 rings (SSSR count). The molecule has 0 aliphatic carbocycles. The van der Waals surface area contributed by atoms with E-state index < -0.39 is 17.9 Å². The van der Waals surface area contributed by atoms with Gasteiger partial charge in [0.05, 0.1) is 22.9 Å². The molecule has 0 aliphatic heterocycles. The van der Waals surface area contributed by atoms with Crippen LogP contribution in [0.5, 0.6) is 5.75 Å². The molecular weight excluding hydrogens is 390 g/mol. The third kappa shape index (κ3) is 5.87. The Bertz CT molecular complexity index is 932. The summed E-state index contributed by atoms with van der Waals surface area (Å²) in [6.07, 6.45) is 0.302. The zero-order valence-corrected chi connectivity index (χ0v) is 16.4. The molecule has 150 valence electrons. The molecule has 0 spiro atoms. The van der Waals surface area contributed by atoms with Gasteiger partial charge in [0, 0.05) is 12.0 Å². The summed E-state index contributed by atoms with van der Waals surface area (Å²) in [5.41, 5.74) is 3.70. The Labute approximate surface area is 172 Å². The van der Waals surface area contributed by atoms with Crippen LogP contribution in [0, 0.1) is 0 Å². The number of carbonyl (C=O) groups excluding carboxylic acids is 2. The molecule has 29 heavy (non-hydrogen) atoms. The van der Waals surface area contributed by atoms with Crippen LogP contribution >= 0.6 is 11.3 Å². The van der Waals surface area contributed by atoms with E-state index in [0.29, 0.717) is 17.9 Å². The molecule has 3 aromatic rings. The Morgan fingerprint density at radius 3 is 2.55 bits per heavy atom. The molecule has 2 aromatic carbocycles. The Hall–Kier alpha value is -3.23. The molecule has 7 nitrogen and oxygen atoms in total. The highest BCUT2D eigenvalue weighted by Gasteiger charge is 2.20. The number of hydrogen-bond donors (Lipinski definition) is 3. The van der Waals surface area contributed by atoms with Crippen LogP contribution in [-0.2, 0) is 16.2 Å². The number of aliphatic hydroxyl groups excluding tert-OH is 1. The highest BCUT2D eigenvalue weighted by Crippen LogP contribution is 2.25. The van der Waals surface area contributed by atoms with Gasteiger partial charge in [-0.2, -0.15) is 0 Å². The van der Waals surface area contributed by atoms with E-state index in [9.17, 15) is 14.7 Å². The fourth-order valence-corrected chi connectivity index (χ4v) is 3.24. The number of aliphatic hydroxyl groups is 1. The molecule has 2 amide bonds. The van der Waals surface area contributed by atoms with Gasteiger partial charge in [-0.3, -0.25) is 9.59 Å². The van der Waals surface area contributed by atoms with E-state index in [2.05, 4.69) is 15.6 Å². The molecule has 0 unspecified atom stereocenters. The average Bonchev–Trinajstić information content (AvgIpc) is 3.27. The smallest absolute Gasteiger partial charge is 0.313 e. The lowest BCUT2D eigenvalue weighted by molar-refractivity contribution is -0.136. The number of amides is 2. The Morgan fingerprint density at radius 2 is 1.83 bits per heavy atom. The molecule has 8 heteroatoms. The first-order chi connectivity index (χ1) is 14.2. The maximum Gasteiger partial charge on any atom is 0.313 e. The van der Waals surface area contributed by atoms with E-state index in [1.54, 1.807) is 29.8 Å². The van der Waals surface area contributed by atoms with E-state index in [-0.39, 0.29) is 13.2 Å². The van der Waals surface area contributed by atoms with E-state index in [4.69, 9.17) is 4.74 Å². The quantitative estimate of drug-likeness (QED) is 0.495. The predicted molar refractivity (Wildman–Crippen MR) is 111 cm³/mol. The lowest BCUT2D eigenvalue weighted by atomic mass is 10.0. The first-order valence-corrected chi connectivity index (χ1v) is 9.98. The number of thiazole rings is 1. The number of hydrogen-bond acceptors (Lipinski definition) is 6. The van der Waals surface area contributed by atoms with Crippen LogP contribution in [0.25, 0.3) is 0 Å². The van der Waals surface area contributed by atoms with Crippen LogP contribution in [0.4, 0.5) is 5.69 Å². The largest absolute Gasteiger partial charge is 0.485 e. The summed E-state index contributed by atoms with van der Waals surface area (Å²) in [6.45, 7) is 0.143. The van der Waals surface area contributed by atoms with Crippen LogP contribution in [0.15, 0.2) is 65.5 Å². The monoisotopic (exact) mass is 411 g/mol. The summed E-state index contributed by atoms with van der Waals surface area (Å²) >= 11 is 1.47. The van der Waals surface area contributed by atoms with Crippen LogP contribution < -0.4 is 15.4 Å². The SMILES string of the molecule is O=C(Nc1ccccc1OCc1cscn1)C(=O)N[C@@H](CCO)c1ccccc1. The minimum absolute atomic E-state index is 0.116. The molecule has 0 fully saturated rings. The molecule has 0 aliphatic rings. The van der Waals surface area contributed by atoms with Crippen molar-refractivity contribution in [1.29, 1.82) is 0 Å². The number of anilines is 1. The highest BCUT2D eigenvalue weighted by atomic mass is 32.1. The van der Waals surface area contributed by atoms with Gasteiger partial charge in [0.25, 0.3) is 0 Å². The molecule has 0 saturated heterocycles. The molecule has 0 bridgehead atoms. The maximum atomic E-state index is 12.4. The second-order valence-corrected chi connectivity index (χ2v) is 6.89. The molecule has 0 radical (unpaired) electrons. The number of rotatable bonds is 8. The van der Waals surface area contributed by atoms with Crippen molar-refractivity contribution in [1.82, 2.24) is 10.3 Å². The van der Waals surface area contributed by atoms with Gasteiger partial charge < -0.3 is 20.5 Å². The first kappa shape index (κ1) is 20.5. The molecule has 0 saturated carbocycles. The Balaban J connectivity index is 1.64. The van der Waals surface area contributed by atoms with Crippen molar-refractivity contribution in [2.75, 3.05) is 11.9 Å². The molecule has 3 N–H and O–H groups in total. The fourth-order valence-electron chi connectivity index (χ4n) is 2.70. The maximum absolute atomic E-state index is 12.4. The standard InChI is InChI=1S/C21H21N3O4S/c25-11-10-17(15-6-2-1-3-7-15)23-20(26)21(27)24-18-8-4-5-9-19(18)28-12-16-13-29-14-22-16/h1-9,13-14,17,25H,10-12H2,(H,23,26)(H,24,27)/t17-/m0/s1. The number of nitrogens with one attached hydrogen (secondary N) is 2. The third-order valence-electron chi connectivity index (χ3n) is 4.13. The third-order valence-corrected chi connectivity index (χ3v) is 4.76. The minimum Gasteiger partial charge on any atom is -0.485 e. The highest BCUT2D eigenvalue weighted by molar-refractivity contribution is 7.07. The summed E-state index contributed by atoms with van der Waals surface area (Å²) in [4.78, 5) is 29.0. The fraction of sp³-hybridized carbons (Fsp3) is 0.190. The second-order valence-electron chi connectivity index (χ2n) is 6.17. The van der Waals surface area contributed by atoms with Crippen LogP contribution in [0.1, 0.15) is 23.7 Å². The molecular formula is C21H21N3O4S. The van der Waals surface area contributed by atoms with Gasteiger partial charge in [0.1, 0.15) is 12.4 Å². The predicted octanol–water partition coefficient (Wildman–Crippen LogP) is 2.90. The van der Waals surface area contributed by atoms with Crippen LogP contribution in [0.3, 0.4) is 0 Å². The summed E-state index contributed by atoms with van der Waals surface area (Å²) in [5, 5.41) is 16.4. The summed E-state index contributed by atoms with van der Waals surface area (Å²) in [5.74, 6) is -1.16.